The van der Waals surface area contributed by atoms with Gasteiger partial charge in [-0.05, 0) is 26.7 Å². The molecular formula is C12H20N2O2S. The van der Waals surface area contributed by atoms with Crippen LogP contribution in [0, 0.1) is 13.8 Å². The number of hydrogen-bond acceptors (Lipinski definition) is 4. The van der Waals surface area contributed by atoms with Gasteiger partial charge in [0.25, 0.3) is 0 Å². The highest BCUT2D eigenvalue weighted by molar-refractivity contribution is 7.15. The van der Waals surface area contributed by atoms with Gasteiger partial charge < -0.3 is 10.4 Å². The number of rotatable bonds is 8. The van der Waals surface area contributed by atoms with E-state index in [2.05, 4.69) is 17.2 Å². The number of anilines is 1. The van der Waals surface area contributed by atoms with Crippen molar-refractivity contribution in [1.82, 2.24) is 4.98 Å². The van der Waals surface area contributed by atoms with Crippen molar-refractivity contribution >= 4 is 22.4 Å². The molecule has 0 bridgehead atoms. The van der Waals surface area contributed by atoms with Crippen molar-refractivity contribution in [3.8, 4) is 0 Å². The summed E-state index contributed by atoms with van der Waals surface area (Å²) < 4.78 is 0. The molecule has 0 aliphatic rings. The molecule has 0 fully saturated rings. The number of aromatic nitrogens is 1. The Labute approximate surface area is 106 Å². The van der Waals surface area contributed by atoms with Gasteiger partial charge in [0.2, 0.25) is 0 Å². The molecule has 0 atom stereocenters. The summed E-state index contributed by atoms with van der Waals surface area (Å²) in [5.41, 5.74) is 1.10. The van der Waals surface area contributed by atoms with Crippen LogP contribution in [0.15, 0.2) is 0 Å². The SMILES string of the molecule is Cc1nc(NCCCCCCC(=O)O)sc1C. The van der Waals surface area contributed by atoms with Gasteiger partial charge in [0.1, 0.15) is 0 Å². The molecule has 1 rings (SSSR count). The molecule has 17 heavy (non-hydrogen) atoms. The van der Waals surface area contributed by atoms with E-state index in [0.29, 0.717) is 0 Å². The average molecular weight is 256 g/mol. The molecule has 4 nitrogen and oxygen atoms in total. The van der Waals surface area contributed by atoms with Gasteiger partial charge in [0.15, 0.2) is 5.13 Å². The monoisotopic (exact) mass is 256 g/mol. The zero-order valence-electron chi connectivity index (χ0n) is 10.5. The quantitative estimate of drug-likeness (QED) is 0.701. The lowest BCUT2D eigenvalue weighted by molar-refractivity contribution is -0.137. The zero-order valence-corrected chi connectivity index (χ0v) is 11.3. The second-order valence-corrected chi connectivity index (χ2v) is 5.35. The van der Waals surface area contributed by atoms with Gasteiger partial charge in [-0.25, -0.2) is 4.98 Å². The van der Waals surface area contributed by atoms with E-state index in [9.17, 15) is 4.79 Å². The Kier molecular flexibility index (Phi) is 5.97. The van der Waals surface area contributed by atoms with Gasteiger partial charge in [0, 0.05) is 17.8 Å². The number of carboxylic acid groups (broad SMARTS) is 1. The topological polar surface area (TPSA) is 62.2 Å². The van der Waals surface area contributed by atoms with Gasteiger partial charge >= 0.3 is 5.97 Å². The number of aliphatic carboxylic acids is 1. The lowest BCUT2D eigenvalue weighted by atomic mass is 10.1. The van der Waals surface area contributed by atoms with Crippen LogP contribution in [0.1, 0.15) is 42.7 Å². The molecule has 5 heteroatoms. The molecule has 1 aromatic rings. The minimum atomic E-state index is -0.697. The minimum absolute atomic E-state index is 0.290. The van der Waals surface area contributed by atoms with Crippen molar-refractivity contribution in [2.24, 2.45) is 0 Å². The predicted octanol–water partition coefficient (Wildman–Crippen LogP) is 3.21. The van der Waals surface area contributed by atoms with E-state index in [1.54, 1.807) is 11.3 Å². The highest BCUT2D eigenvalue weighted by Gasteiger charge is 2.02. The van der Waals surface area contributed by atoms with E-state index in [0.717, 1.165) is 43.1 Å². The summed E-state index contributed by atoms with van der Waals surface area (Å²) in [7, 11) is 0. The molecular weight excluding hydrogens is 236 g/mol. The maximum absolute atomic E-state index is 10.3. The highest BCUT2D eigenvalue weighted by Crippen LogP contribution is 2.20. The summed E-state index contributed by atoms with van der Waals surface area (Å²) in [6.45, 7) is 5.01. The molecule has 0 saturated heterocycles. The smallest absolute Gasteiger partial charge is 0.303 e. The maximum Gasteiger partial charge on any atom is 0.303 e. The number of hydrogen-bond donors (Lipinski definition) is 2. The second-order valence-electron chi connectivity index (χ2n) is 4.15. The van der Waals surface area contributed by atoms with Gasteiger partial charge in [0.05, 0.1) is 5.69 Å². The summed E-state index contributed by atoms with van der Waals surface area (Å²) in [6.07, 6.45) is 4.20. The number of carboxylic acids is 1. The molecule has 0 saturated carbocycles. The van der Waals surface area contributed by atoms with Crippen LogP contribution in [0.2, 0.25) is 0 Å². The average Bonchev–Trinajstić information content (AvgIpc) is 2.56. The first-order valence-electron chi connectivity index (χ1n) is 5.99. The minimum Gasteiger partial charge on any atom is -0.481 e. The highest BCUT2D eigenvalue weighted by atomic mass is 32.1. The van der Waals surface area contributed by atoms with Crippen LogP contribution < -0.4 is 5.32 Å². The fraction of sp³-hybridized carbons (Fsp3) is 0.667. The Bertz CT molecular complexity index is 344. The van der Waals surface area contributed by atoms with Crippen LogP contribution in [0.25, 0.3) is 0 Å². The zero-order chi connectivity index (χ0) is 12.7. The van der Waals surface area contributed by atoms with Crippen LogP contribution in [-0.4, -0.2) is 22.6 Å². The van der Waals surface area contributed by atoms with Gasteiger partial charge in [-0.2, -0.15) is 0 Å². The first-order valence-corrected chi connectivity index (χ1v) is 6.81. The van der Waals surface area contributed by atoms with Crippen LogP contribution in [0.5, 0.6) is 0 Å². The van der Waals surface area contributed by atoms with Crippen LogP contribution in [-0.2, 0) is 4.79 Å². The van der Waals surface area contributed by atoms with Crippen molar-refractivity contribution in [1.29, 1.82) is 0 Å². The lowest BCUT2D eigenvalue weighted by Gasteiger charge is -2.02. The molecule has 0 aromatic carbocycles. The third-order valence-electron chi connectivity index (χ3n) is 2.62. The Balaban J connectivity index is 2.02. The van der Waals surface area contributed by atoms with E-state index < -0.39 is 5.97 Å². The summed E-state index contributed by atoms with van der Waals surface area (Å²) in [4.78, 5) is 15.9. The molecule has 0 amide bonds. The molecule has 0 spiro atoms. The molecule has 0 aliphatic carbocycles. The second kappa shape index (κ2) is 7.27. The molecule has 0 radical (unpaired) electrons. The normalized spacial score (nSPS) is 10.5. The number of carbonyl (C=O) groups is 1. The fourth-order valence-electron chi connectivity index (χ4n) is 1.50. The first kappa shape index (κ1) is 14.0. The number of aryl methyl sites for hydroxylation is 2. The van der Waals surface area contributed by atoms with Crippen LogP contribution in [0.3, 0.4) is 0 Å². The number of nitrogens with zero attached hydrogens (tertiary/aromatic N) is 1. The maximum atomic E-state index is 10.3. The van der Waals surface area contributed by atoms with Crippen LogP contribution >= 0.6 is 11.3 Å². The summed E-state index contributed by atoms with van der Waals surface area (Å²) in [5.74, 6) is -0.697. The number of unbranched alkanes of at least 4 members (excludes halogenated alkanes) is 3. The van der Waals surface area contributed by atoms with Crippen molar-refractivity contribution in [2.75, 3.05) is 11.9 Å². The largest absolute Gasteiger partial charge is 0.481 e. The molecule has 96 valence electrons. The fourth-order valence-corrected chi connectivity index (χ4v) is 2.34. The van der Waals surface area contributed by atoms with Crippen molar-refractivity contribution in [2.45, 2.75) is 46.0 Å². The van der Waals surface area contributed by atoms with Crippen molar-refractivity contribution in [3.63, 3.8) is 0 Å². The Morgan fingerprint density at radius 2 is 2.00 bits per heavy atom. The summed E-state index contributed by atoms with van der Waals surface area (Å²) >= 11 is 1.69. The Hall–Kier alpha value is -1.10. The molecule has 1 aromatic heterocycles. The van der Waals surface area contributed by atoms with Gasteiger partial charge in [-0.15, -0.1) is 11.3 Å². The van der Waals surface area contributed by atoms with Crippen molar-refractivity contribution < 1.29 is 9.90 Å². The standard InChI is InChI=1S/C12H20N2O2S/c1-9-10(2)17-12(14-9)13-8-6-4-3-5-7-11(15)16/h3-8H2,1-2H3,(H,13,14)(H,15,16). The third-order valence-corrected chi connectivity index (χ3v) is 3.65. The van der Waals surface area contributed by atoms with E-state index in [-0.39, 0.29) is 6.42 Å². The van der Waals surface area contributed by atoms with E-state index in [1.807, 2.05) is 6.92 Å². The molecule has 1 heterocycles. The molecule has 2 N–H and O–H groups in total. The van der Waals surface area contributed by atoms with E-state index in [1.165, 1.54) is 4.88 Å². The van der Waals surface area contributed by atoms with E-state index in [4.69, 9.17) is 5.11 Å². The summed E-state index contributed by atoms with van der Waals surface area (Å²) in [5, 5.41) is 12.8. The third kappa shape index (κ3) is 5.68. The van der Waals surface area contributed by atoms with Gasteiger partial charge in [-0.1, -0.05) is 12.8 Å². The van der Waals surface area contributed by atoms with Crippen molar-refractivity contribution in [3.05, 3.63) is 10.6 Å². The number of thiazole rings is 1. The van der Waals surface area contributed by atoms with Crippen LogP contribution in [0.4, 0.5) is 5.13 Å². The molecule has 0 unspecified atom stereocenters. The first-order chi connectivity index (χ1) is 8.09. The lowest BCUT2D eigenvalue weighted by Crippen LogP contribution is -2.01. The predicted molar refractivity (Wildman–Crippen MR) is 70.8 cm³/mol. The Morgan fingerprint density at radius 3 is 2.59 bits per heavy atom. The summed E-state index contributed by atoms with van der Waals surface area (Å²) in [6, 6.07) is 0. The van der Waals surface area contributed by atoms with E-state index >= 15 is 0 Å². The Morgan fingerprint density at radius 1 is 1.29 bits per heavy atom. The molecule has 0 aliphatic heterocycles. The number of nitrogens with one attached hydrogen (secondary N) is 1. The van der Waals surface area contributed by atoms with Gasteiger partial charge in [-0.3, -0.25) is 4.79 Å².